The van der Waals surface area contributed by atoms with E-state index in [4.69, 9.17) is 0 Å². The lowest BCUT2D eigenvalue weighted by atomic mass is 10.3. The summed E-state index contributed by atoms with van der Waals surface area (Å²) in [5, 5.41) is 0. The maximum Gasteiger partial charge on any atom is 0.0232 e. The Morgan fingerprint density at radius 1 is 1.67 bits per heavy atom. The monoisotopic (exact) mass is 212 g/mol. The number of alkyl halides is 1. The Labute approximate surface area is 67.8 Å². The fourth-order valence-corrected chi connectivity index (χ4v) is 1.46. The zero-order valence-corrected chi connectivity index (χ0v) is 8.30. The molecule has 56 valence electrons. The van der Waals surface area contributed by atoms with E-state index in [9.17, 15) is 4.21 Å². The number of rotatable bonds is 4. The van der Waals surface area contributed by atoms with Crippen LogP contribution >= 0.6 is 15.9 Å². The van der Waals surface area contributed by atoms with Gasteiger partial charge in [0.15, 0.2) is 0 Å². The summed E-state index contributed by atoms with van der Waals surface area (Å²) in [6.45, 7) is 2.11. The molecule has 0 heterocycles. The number of hydrogen-bond donors (Lipinski definition) is 0. The van der Waals surface area contributed by atoms with Gasteiger partial charge in [0.1, 0.15) is 0 Å². The van der Waals surface area contributed by atoms with E-state index in [0.717, 1.165) is 18.6 Å². The van der Waals surface area contributed by atoms with Crippen LogP contribution in [0.2, 0.25) is 0 Å². The average Bonchev–Trinajstić information content (AvgIpc) is 1.63. The predicted molar refractivity (Wildman–Crippen MR) is 46.6 cm³/mol. The maximum atomic E-state index is 10.5. The summed E-state index contributed by atoms with van der Waals surface area (Å²) < 4.78 is 10.5. The second kappa shape index (κ2) is 5.42. The molecule has 2 unspecified atom stereocenters. The minimum absolute atomic E-state index is 0.570. The molecule has 2 atom stereocenters. The van der Waals surface area contributed by atoms with E-state index in [2.05, 4.69) is 22.9 Å². The molecule has 0 N–H and O–H groups in total. The van der Waals surface area contributed by atoms with E-state index in [1.807, 2.05) is 0 Å². The lowest BCUT2D eigenvalue weighted by molar-refractivity contribution is 0.681. The first-order valence-corrected chi connectivity index (χ1v) is 5.71. The molecule has 0 rings (SSSR count). The smallest absolute Gasteiger partial charge is 0.0232 e. The van der Waals surface area contributed by atoms with Gasteiger partial charge in [-0.15, -0.1) is 0 Å². The fourth-order valence-electron chi connectivity index (χ4n) is 0.568. The van der Waals surface area contributed by atoms with Crippen LogP contribution in [0.3, 0.4) is 0 Å². The Morgan fingerprint density at radius 2 is 2.22 bits per heavy atom. The maximum absolute atomic E-state index is 10.5. The van der Waals surface area contributed by atoms with Gasteiger partial charge in [0.2, 0.25) is 0 Å². The third-order valence-electron chi connectivity index (χ3n) is 1.03. The second-order valence-electron chi connectivity index (χ2n) is 2.20. The van der Waals surface area contributed by atoms with Gasteiger partial charge in [-0.05, 0) is 12.8 Å². The summed E-state index contributed by atoms with van der Waals surface area (Å²) >= 11 is 3.43. The van der Waals surface area contributed by atoms with Gasteiger partial charge in [-0.1, -0.05) is 22.9 Å². The fraction of sp³-hybridized carbons (Fsp3) is 1.00. The molecule has 0 radical (unpaired) electrons. The van der Waals surface area contributed by atoms with Gasteiger partial charge in [-0.3, -0.25) is 4.21 Å². The molecule has 0 aromatic rings. The molecule has 0 fully saturated rings. The van der Waals surface area contributed by atoms with Crippen LogP contribution in [-0.2, 0) is 10.8 Å². The SMILES string of the molecule is CC(Br)CCCS(C)=O. The van der Waals surface area contributed by atoms with Crippen LogP contribution < -0.4 is 0 Å². The highest BCUT2D eigenvalue weighted by molar-refractivity contribution is 9.09. The van der Waals surface area contributed by atoms with Crippen LogP contribution in [0.5, 0.6) is 0 Å². The van der Waals surface area contributed by atoms with Crippen molar-refractivity contribution in [1.82, 2.24) is 0 Å². The quantitative estimate of drug-likeness (QED) is 0.652. The van der Waals surface area contributed by atoms with Crippen molar-refractivity contribution in [3.8, 4) is 0 Å². The summed E-state index contributed by atoms with van der Waals surface area (Å²) in [5.41, 5.74) is 0. The van der Waals surface area contributed by atoms with Gasteiger partial charge < -0.3 is 0 Å². The topological polar surface area (TPSA) is 17.1 Å². The average molecular weight is 213 g/mol. The predicted octanol–water partition coefficient (Wildman–Crippen LogP) is 1.93. The molecule has 0 aliphatic heterocycles. The molecule has 0 saturated heterocycles. The van der Waals surface area contributed by atoms with E-state index in [0.29, 0.717) is 4.83 Å². The van der Waals surface area contributed by atoms with Crippen LogP contribution in [0, 0.1) is 0 Å². The van der Waals surface area contributed by atoms with Gasteiger partial charge >= 0.3 is 0 Å². The summed E-state index contributed by atoms with van der Waals surface area (Å²) in [4.78, 5) is 0.570. The molecule has 0 aromatic heterocycles. The van der Waals surface area contributed by atoms with Crippen LogP contribution in [0.4, 0.5) is 0 Å². The molecule has 0 spiro atoms. The van der Waals surface area contributed by atoms with Crippen LogP contribution in [0.15, 0.2) is 0 Å². The van der Waals surface area contributed by atoms with E-state index in [-0.39, 0.29) is 0 Å². The van der Waals surface area contributed by atoms with Crippen molar-refractivity contribution in [1.29, 1.82) is 0 Å². The van der Waals surface area contributed by atoms with Gasteiger partial charge in [-0.25, -0.2) is 0 Å². The lowest BCUT2D eigenvalue weighted by Crippen LogP contribution is -1.97. The summed E-state index contributed by atoms with van der Waals surface area (Å²) in [7, 11) is -0.603. The largest absolute Gasteiger partial charge is 0.260 e. The van der Waals surface area contributed by atoms with Crippen molar-refractivity contribution in [3.63, 3.8) is 0 Å². The number of halogens is 1. The van der Waals surface area contributed by atoms with E-state index >= 15 is 0 Å². The van der Waals surface area contributed by atoms with E-state index in [1.165, 1.54) is 0 Å². The Kier molecular flexibility index (Phi) is 5.80. The van der Waals surface area contributed by atoms with Gasteiger partial charge in [0.25, 0.3) is 0 Å². The second-order valence-corrected chi connectivity index (χ2v) is 5.32. The zero-order chi connectivity index (χ0) is 7.28. The van der Waals surface area contributed by atoms with Crippen LogP contribution in [0.25, 0.3) is 0 Å². The van der Waals surface area contributed by atoms with Crippen LogP contribution in [-0.4, -0.2) is 21.0 Å². The van der Waals surface area contributed by atoms with Crippen molar-refractivity contribution >= 4 is 26.7 Å². The van der Waals surface area contributed by atoms with Crippen LogP contribution in [0.1, 0.15) is 19.8 Å². The number of hydrogen-bond acceptors (Lipinski definition) is 1. The van der Waals surface area contributed by atoms with Crippen molar-refractivity contribution in [3.05, 3.63) is 0 Å². The molecule has 0 aliphatic carbocycles. The highest BCUT2D eigenvalue weighted by atomic mass is 79.9. The Hall–Kier alpha value is 0.630. The third-order valence-corrected chi connectivity index (χ3v) is 2.36. The normalized spacial score (nSPS) is 17.2. The molecule has 0 aromatic carbocycles. The molecular weight excluding hydrogens is 200 g/mol. The van der Waals surface area contributed by atoms with E-state index in [1.54, 1.807) is 6.26 Å². The molecule has 0 amide bonds. The summed E-state index contributed by atoms with van der Waals surface area (Å²) in [6.07, 6.45) is 3.94. The first kappa shape index (κ1) is 9.63. The van der Waals surface area contributed by atoms with E-state index < -0.39 is 10.8 Å². The van der Waals surface area contributed by atoms with Crippen molar-refractivity contribution in [2.45, 2.75) is 24.6 Å². The Balaban J connectivity index is 3.01. The van der Waals surface area contributed by atoms with Gasteiger partial charge in [0.05, 0.1) is 0 Å². The standard InChI is InChI=1S/C6H13BrOS/c1-6(7)4-3-5-9(2)8/h6H,3-5H2,1-2H3. The molecule has 1 nitrogen and oxygen atoms in total. The minimum atomic E-state index is -0.603. The first-order chi connectivity index (χ1) is 4.13. The van der Waals surface area contributed by atoms with Crippen molar-refractivity contribution in [2.24, 2.45) is 0 Å². The molecule has 0 saturated carbocycles. The van der Waals surface area contributed by atoms with Gasteiger partial charge in [-0.2, -0.15) is 0 Å². The molecule has 9 heavy (non-hydrogen) atoms. The Bertz CT molecular complexity index is 93.1. The van der Waals surface area contributed by atoms with Gasteiger partial charge in [0, 0.05) is 27.6 Å². The molecule has 3 heteroatoms. The molecule has 0 aliphatic rings. The molecule has 0 bridgehead atoms. The highest BCUT2D eigenvalue weighted by Gasteiger charge is 1.95. The summed E-state index contributed by atoms with van der Waals surface area (Å²) in [5.74, 6) is 0.843. The summed E-state index contributed by atoms with van der Waals surface area (Å²) in [6, 6.07) is 0. The highest BCUT2D eigenvalue weighted by Crippen LogP contribution is 2.05. The third kappa shape index (κ3) is 8.63. The Morgan fingerprint density at radius 3 is 2.56 bits per heavy atom. The van der Waals surface area contributed by atoms with Crippen molar-refractivity contribution < 1.29 is 4.21 Å². The van der Waals surface area contributed by atoms with Crippen molar-refractivity contribution in [2.75, 3.05) is 12.0 Å². The lowest BCUT2D eigenvalue weighted by Gasteiger charge is -1.99. The first-order valence-electron chi connectivity index (χ1n) is 3.07. The minimum Gasteiger partial charge on any atom is -0.260 e. The molecular formula is C6H13BrOS. The zero-order valence-electron chi connectivity index (χ0n) is 5.89.